The summed E-state index contributed by atoms with van der Waals surface area (Å²) in [5, 5.41) is 3.39. The Kier molecular flexibility index (Phi) is 7.12. The lowest BCUT2D eigenvalue weighted by Gasteiger charge is -2.28. The van der Waals surface area contributed by atoms with Gasteiger partial charge in [-0.15, -0.1) is 0 Å². The standard InChI is InChI=1S/C24H30F3N3O2/c1-4-5-6-13-30(3)22(32)10-12-23(11-9-16(2)29-23)17-7-8-20-18(14-17)19(24(25,26)27)15-21(31)28-20/h7-8,10,12,14-16,29H,4-6,9,11,13H2,1-3H3,(H,28,31)/b12-10+/t16-,23-/m1/s1. The summed E-state index contributed by atoms with van der Waals surface area (Å²) in [5.41, 5.74) is -1.76. The Labute approximate surface area is 185 Å². The van der Waals surface area contributed by atoms with Crippen molar-refractivity contribution >= 4 is 16.8 Å². The molecule has 1 aromatic heterocycles. The van der Waals surface area contributed by atoms with Crippen LogP contribution in [0.5, 0.6) is 0 Å². The second-order valence-electron chi connectivity index (χ2n) is 8.66. The number of aromatic nitrogens is 1. The van der Waals surface area contributed by atoms with Crippen LogP contribution in [0, 0.1) is 0 Å². The number of carbonyl (C=O) groups is 1. The van der Waals surface area contributed by atoms with Gasteiger partial charge in [-0.2, -0.15) is 13.2 Å². The Morgan fingerprint density at radius 3 is 2.66 bits per heavy atom. The first-order valence-electron chi connectivity index (χ1n) is 11.0. The van der Waals surface area contributed by atoms with Gasteiger partial charge in [0.1, 0.15) is 0 Å². The lowest BCUT2D eigenvalue weighted by molar-refractivity contribution is -0.136. The summed E-state index contributed by atoms with van der Waals surface area (Å²) < 4.78 is 40.8. The molecule has 1 fully saturated rings. The van der Waals surface area contributed by atoms with Gasteiger partial charge >= 0.3 is 6.18 Å². The summed E-state index contributed by atoms with van der Waals surface area (Å²) >= 11 is 0. The van der Waals surface area contributed by atoms with Crippen molar-refractivity contribution in [1.29, 1.82) is 0 Å². The highest BCUT2D eigenvalue weighted by molar-refractivity contribution is 5.88. The lowest BCUT2D eigenvalue weighted by Crippen LogP contribution is -2.38. The lowest BCUT2D eigenvalue weighted by atomic mass is 9.86. The first-order chi connectivity index (χ1) is 15.1. The van der Waals surface area contributed by atoms with Crippen LogP contribution in [-0.2, 0) is 16.5 Å². The maximum Gasteiger partial charge on any atom is 0.417 e. The van der Waals surface area contributed by atoms with Crippen molar-refractivity contribution in [2.75, 3.05) is 13.6 Å². The van der Waals surface area contributed by atoms with E-state index in [0.717, 1.165) is 25.7 Å². The van der Waals surface area contributed by atoms with Gasteiger partial charge in [0, 0.05) is 42.7 Å². The van der Waals surface area contributed by atoms with Crippen molar-refractivity contribution in [3.05, 3.63) is 57.9 Å². The second kappa shape index (κ2) is 9.48. The second-order valence-corrected chi connectivity index (χ2v) is 8.66. The first kappa shape index (κ1) is 24.0. The maximum atomic E-state index is 13.6. The molecule has 2 atom stereocenters. The number of hydrogen-bond acceptors (Lipinski definition) is 3. The number of carbonyl (C=O) groups excluding carboxylic acids is 1. The molecule has 1 amide bonds. The average molecular weight is 450 g/mol. The molecule has 0 unspecified atom stereocenters. The van der Waals surface area contributed by atoms with E-state index < -0.39 is 22.8 Å². The van der Waals surface area contributed by atoms with Gasteiger partial charge in [0.2, 0.25) is 11.5 Å². The number of unbranched alkanes of at least 4 members (excludes halogenated alkanes) is 2. The molecule has 0 saturated carbocycles. The van der Waals surface area contributed by atoms with Gasteiger partial charge in [-0.25, -0.2) is 0 Å². The fraction of sp³-hybridized carbons (Fsp3) is 0.500. The van der Waals surface area contributed by atoms with Gasteiger partial charge in [0.05, 0.1) is 11.1 Å². The van der Waals surface area contributed by atoms with E-state index in [4.69, 9.17) is 0 Å². The van der Waals surface area contributed by atoms with E-state index in [0.29, 0.717) is 24.6 Å². The molecule has 2 heterocycles. The summed E-state index contributed by atoms with van der Waals surface area (Å²) in [4.78, 5) is 28.5. The Bertz CT molecular complexity index is 1060. The Hall–Kier alpha value is -2.61. The third-order valence-corrected chi connectivity index (χ3v) is 6.12. The van der Waals surface area contributed by atoms with Gasteiger partial charge in [-0.1, -0.05) is 31.9 Å². The van der Waals surface area contributed by atoms with Crippen LogP contribution >= 0.6 is 0 Å². The van der Waals surface area contributed by atoms with Crippen LogP contribution in [-0.4, -0.2) is 35.4 Å². The van der Waals surface area contributed by atoms with E-state index in [1.807, 2.05) is 6.92 Å². The average Bonchev–Trinajstić information content (AvgIpc) is 3.12. The summed E-state index contributed by atoms with van der Waals surface area (Å²) in [7, 11) is 1.75. The summed E-state index contributed by atoms with van der Waals surface area (Å²) in [6, 6.07) is 5.42. The molecule has 1 saturated heterocycles. The zero-order chi connectivity index (χ0) is 23.5. The van der Waals surface area contributed by atoms with E-state index >= 15 is 0 Å². The molecule has 1 aliphatic rings. The molecule has 1 aliphatic heterocycles. The monoisotopic (exact) mass is 449 g/mol. The highest BCUT2D eigenvalue weighted by Gasteiger charge is 2.38. The molecule has 2 aromatic rings. The number of nitrogens with one attached hydrogen (secondary N) is 2. The number of rotatable bonds is 7. The molecule has 5 nitrogen and oxygen atoms in total. The third kappa shape index (κ3) is 5.23. The van der Waals surface area contributed by atoms with Crippen molar-refractivity contribution in [2.45, 2.75) is 63.7 Å². The van der Waals surface area contributed by atoms with Gasteiger partial charge in [0.15, 0.2) is 0 Å². The summed E-state index contributed by atoms with van der Waals surface area (Å²) in [6.45, 7) is 4.77. The van der Waals surface area contributed by atoms with Gasteiger partial charge in [-0.3, -0.25) is 9.59 Å². The minimum atomic E-state index is -4.65. The Balaban J connectivity index is 2.00. The molecule has 0 bridgehead atoms. The number of likely N-dealkylation sites (N-methyl/N-ethyl adjacent to an activating group) is 1. The Morgan fingerprint density at radius 2 is 2.03 bits per heavy atom. The van der Waals surface area contributed by atoms with Crippen LogP contribution in [0.4, 0.5) is 13.2 Å². The van der Waals surface area contributed by atoms with E-state index in [1.165, 1.54) is 18.2 Å². The largest absolute Gasteiger partial charge is 0.417 e. The van der Waals surface area contributed by atoms with Crippen molar-refractivity contribution in [3.63, 3.8) is 0 Å². The van der Waals surface area contributed by atoms with Gasteiger partial charge in [-0.05, 0) is 43.9 Å². The molecule has 0 spiro atoms. The number of aromatic amines is 1. The highest BCUT2D eigenvalue weighted by Crippen LogP contribution is 2.39. The highest BCUT2D eigenvalue weighted by atomic mass is 19.4. The number of alkyl halides is 3. The van der Waals surface area contributed by atoms with E-state index in [9.17, 15) is 22.8 Å². The van der Waals surface area contributed by atoms with Gasteiger partial charge in [0.25, 0.3) is 0 Å². The predicted octanol–water partition coefficient (Wildman–Crippen LogP) is 4.72. The molecule has 0 radical (unpaired) electrons. The molecular weight excluding hydrogens is 419 g/mol. The molecule has 0 aliphatic carbocycles. The number of H-pyrrole nitrogens is 1. The zero-order valence-corrected chi connectivity index (χ0v) is 18.7. The number of amides is 1. The molecule has 8 heteroatoms. The van der Waals surface area contributed by atoms with Crippen LogP contribution in [0.1, 0.15) is 57.1 Å². The van der Waals surface area contributed by atoms with Crippen LogP contribution in [0.25, 0.3) is 10.9 Å². The number of benzene rings is 1. The van der Waals surface area contributed by atoms with E-state index in [-0.39, 0.29) is 22.9 Å². The molecule has 174 valence electrons. The van der Waals surface area contributed by atoms with Gasteiger partial charge < -0.3 is 15.2 Å². The number of pyridine rings is 1. The normalized spacial score (nSPS) is 21.5. The van der Waals surface area contributed by atoms with E-state index in [1.54, 1.807) is 24.1 Å². The smallest absolute Gasteiger partial charge is 0.342 e. The van der Waals surface area contributed by atoms with Crippen LogP contribution in [0.3, 0.4) is 0 Å². The van der Waals surface area contributed by atoms with Crippen molar-refractivity contribution in [1.82, 2.24) is 15.2 Å². The molecule has 32 heavy (non-hydrogen) atoms. The quantitative estimate of drug-likeness (QED) is 0.475. The van der Waals surface area contributed by atoms with Crippen LogP contribution in [0.2, 0.25) is 0 Å². The number of nitrogens with zero attached hydrogens (tertiary/aromatic N) is 1. The first-order valence-corrected chi connectivity index (χ1v) is 11.0. The number of fused-ring (bicyclic) bond motifs is 1. The molecule has 3 rings (SSSR count). The molecular formula is C24H30F3N3O2. The van der Waals surface area contributed by atoms with E-state index in [2.05, 4.69) is 17.2 Å². The van der Waals surface area contributed by atoms with Crippen molar-refractivity contribution < 1.29 is 18.0 Å². The Morgan fingerprint density at radius 1 is 1.28 bits per heavy atom. The van der Waals surface area contributed by atoms with Crippen molar-refractivity contribution in [3.8, 4) is 0 Å². The fourth-order valence-corrected chi connectivity index (χ4v) is 4.30. The molecule has 2 N–H and O–H groups in total. The minimum absolute atomic E-state index is 0.0632. The number of halogens is 3. The van der Waals surface area contributed by atoms with Crippen LogP contribution < -0.4 is 10.9 Å². The SMILES string of the molecule is CCCCCN(C)C(=O)/C=C/[C@@]1(c2ccc3[nH]c(=O)cc(C(F)(F)F)c3c2)CC[C@@H](C)N1. The topological polar surface area (TPSA) is 65.2 Å². The van der Waals surface area contributed by atoms with Crippen molar-refractivity contribution in [2.24, 2.45) is 0 Å². The third-order valence-electron chi connectivity index (χ3n) is 6.12. The summed E-state index contributed by atoms with van der Waals surface area (Å²) in [5.74, 6) is -0.136. The maximum absolute atomic E-state index is 13.6. The number of hydrogen-bond donors (Lipinski definition) is 2. The molecule has 1 aromatic carbocycles. The van der Waals surface area contributed by atoms with Crippen LogP contribution in [0.15, 0.2) is 41.2 Å². The minimum Gasteiger partial charge on any atom is -0.342 e. The zero-order valence-electron chi connectivity index (χ0n) is 18.7. The predicted molar refractivity (Wildman–Crippen MR) is 119 cm³/mol. The fourth-order valence-electron chi connectivity index (χ4n) is 4.30. The summed E-state index contributed by atoms with van der Waals surface area (Å²) in [6.07, 6.45) is 3.14.